The molecule has 4 rings (SSSR count). The fraction of sp³-hybridized carbons (Fsp3) is 0.389. The lowest BCUT2D eigenvalue weighted by Gasteiger charge is -2.14. The molecule has 1 atom stereocenters. The molecule has 0 saturated carbocycles. The first-order valence-electron chi connectivity index (χ1n) is 9.06. The van der Waals surface area contributed by atoms with E-state index < -0.39 is 6.09 Å². The second-order valence-electron chi connectivity index (χ2n) is 6.52. The molecule has 0 radical (unpaired) electrons. The van der Waals surface area contributed by atoms with Crippen molar-refractivity contribution in [3.63, 3.8) is 0 Å². The van der Waals surface area contributed by atoms with Gasteiger partial charge in [0.1, 0.15) is 12.2 Å². The zero-order chi connectivity index (χ0) is 19.7. The van der Waals surface area contributed by atoms with E-state index in [-0.39, 0.29) is 6.04 Å². The van der Waals surface area contributed by atoms with Crippen molar-refractivity contribution in [2.75, 3.05) is 25.5 Å². The highest BCUT2D eigenvalue weighted by atomic mass is 16.5. The van der Waals surface area contributed by atoms with Crippen LogP contribution in [0.25, 0.3) is 22.6 Å². The number of carboxylic acid groups (broad SMARTS) is 1. The Morgan fingerprint density at radius 2 is 2.21 bits per heavy atom. The number of pyridine rings is 1. The number of methoxy groups -OCH3 is 1. The molecular weight excluding hydrogens is 362 g/mol. The fourth-order valence-electron chi connectivity index (χ4n) is 3.44. The van der Waals surface area contributed by atoms with Crippen LogP contribution in [0.5, 0.6) is 5.88 Å². The molecule has 3 aromatic rings. The van der Waals surface area contributed by atoms with Crippen molar-refractivity contribution in [3.05, 3.63) is 24.7 Å². The minimum Gasteiger partial charge on any atom is -0.481 e. The number of nitrogens with zero attached hydrogens (tertiary/aromatic N) is 6. The van der Waals surface area contributed by atoms with Crippen LogP contribution in [-0.4, -0.2) is 66.8 Å². The Morgan fingerprint density at radius 3 is 2.86 bits per heavy atom. The number of amides is 1. The van der Waals surface area contributed by atoms with Gasteiger partial charge in [-0.15, -0.1) is 0 Å². The molecule has 1 aliphatic rings. The molecule has 0 spiro atoms. The molecule has 0 aromatic carbocycles. The van der Waals surface area contributed by atoms with Crippen LogP contribution >= 0.6 is 0 Å². The van der Waals surface area contributed by atoms with Crippen LogP contribution in [0.1, 0.15) is 13.3 Å². The summed E-state index contributed by atoms with van der Waals surface area (Å²) in [7, 11) is 1.57. The first-order chi connectivity index (χ1) is 13.6. The van der Waals surface area contributed by atoms with Crippen LogP contribution in [0.4, 0.5) is 10.6 Å². The van der Waals surface area contributed by atoms with E-state index in [1.54, 1.807) is 19.4 Å². The van der Waals surface area contributed by atoms with Gasteiger partial charge in [-0.25, -0.2) is 24.7 Å². The van der Waals surface area contributed by atoms with Crippen molar-refractivity contribution >= 4 is 23.1 Å². The molecule has 4 heterocycles. The third kappa shape index (κ3) is 3.17. The van der Waals surface area contributed by atoms with E-state index in [9.17, 15) is 4.79 Å². The van der Waals surface area contributed by atoms with Crippen molar-refractivity contribution in [2.45, 2.75) is 25.9 Å². The Kier molecular flexibility index (Phi) is 4.68. The Labute approximate surface area is 161 Å². The molecule has 1 aliphatic heterocycles. The number of nitrogens with one attached hydrogen (secondary N) is 1. The number of imidazole rings is 1. The van der Waals surface area contributed by atoms with Gasteiger partial charge in [-0.3, -0.25) is 0 Å². The monoisotopic (exact) mass is 383 g/mol. The summed E-state index contributed by atoms with van der Waals surface area (Å²) in [5.74, 6) is 1.89. The maximum absolute atomic E-state index is 11.1. The molecule has 10 nitrogen and oxygen atoms in total. The molecule has 0 bridgehead atoms. The largest absolute Gasteiger partial charge is 0.481 e. The zero-order valence-electron chi connectivity index (χ0n) is 15.7. The van der Waals surface area contributed by atoms with E-state index in [4.69, 9.17) is 14.8 Å². The molecule has 1 saturated heterocycles. The predicted octanol–water partition coefficient (Wildman–Crippen LogP) is 2.08. The highest BCUT2D eigenvalue weighted by Crippen LogP contribution is 2.28. The highest BCUT2D eigenvalue weighted by Gasteiger charge is 2.27. The summed E-state index contributed by atoms with van der Waals surface area (Å²) in [6, 6.07) is 3.69. The highest BCUT2D eigenvalue weighted by molar-refractivity contribution is 5.86. The van der Waals surface area contributed by atoms with Crippen LogP contribution in [-0.2, 0) is 6.54 Å². The number of fused-ring (bicyclic) bond motifs is 1. The molecule has 1 amide bonds. The summed E-state index contributed by atoms with van der Waals surface area (Å²) in [5.41, 5.74) is 2.23. The zero-order valence-corrected chi connectivity index (χ0v) is 15.7. The van der Waals surface area contributed by atoms with Gasteiger partial charge in [0.2, 0.25) is 5.88 Å². The van der Waals surface area contributed by atoms with Crippen LogP contribution in [0, 0.1) is 0 Å². The predicted molar refractivity (Wildman–Crippen MR) is 102 cm³/mol. The lowest BCUT2D eigenvalue weighted by molar-refractivity contribution is 0.155. The Morgan fingerprint density at radius 1 is 1.36 bits per heavy atom. The molecule has 0 aliphatic carbocycles. The molecule has 28 heavy (non-hydrogen) atoms. The smallest absolute Gasteiger partial charge is 0.407 e. The van der Waals surface area contributed by atoms with Crippen molar-refractivity contribution in [2.24, 2.45) is 0 Å². The SMILES string of the molecule is CCn1c(-c2ccc(OC)nc2)nc2c(N[C@H]3CCN(C(=O)O)C3)ncnc21. The van der Waals surface area contributed by atoms with E-state index >= 15 is 0 Å². The molecule has 0 unspecified atom stereocenters. The van der Waals surface area contributed by atoms with Gasteiger partial charge in [0, 0.05) is 43.5 Å². The third-order valence-corrected chi connectivity index (χ3v) is 4.85. The molecule has 3 aromatic heterocycles. The van der Waals surface area contributed by atoms with Gasteiger partial charge < -0.3 is 24.6 Å². The number of carbonyl (C=O) groups is 1. The molecule has 146 valence electrons. The summed E-state index contributed by atoms with van der Waals surface area (Å²) in [5, 5.41) is 12.5. The van der Waals surface area contributed by atoms with Crippen molar-refractivity contribution < 1.29 is 14.6 Å². The number of aromatic nitrogens is 5. The average Bonchev–Trinajstić information content (AvgIpc) is 3.33. The second-order valence-corrected chi connectivity index (χ2v) is 6.52. The van der Waals surface area contributed by atoms with Gasteiger partial charge in [0.05, 0.1) is 7.11 Å². The normalized spacial score (nSPS) is 16.5. The van der Waals surface area contributed by atoms with Gasteiger partial charge in [0.25, 0.3) is 0 Å². The fourth-order valence-corrected chi connectivity index (χ4v) is 3.44. The maximum Gasteiger partial charge on any atom is 0.407 e. The Hall–Kier alpha value is -3.43. The number of anilines is 1. The average molecular weight is 383 g/mol. The van der Waals surface area contributed by atoms with E-state index in [0.717, 1.165) is 23.5 Å². The van der Waals surface area contributed by atoms with Gasteiger partial charge >= 0.3 is 6.09 Å². The maximum atomic E-state index is 11.1. The first-order valence-corrected chi connectivity index (χ1v) is 9.06. The summed E-state index contributed by atoms with van der Waals surface area (Å²) in [4.78, 5) is 30.3. The van der Waals surface area contributed by atoms with Gasteiger partial charge in [-0.2, -0.15) is 0 Å². The lowest BCUT2D eigenvalue weighted by atomic mass is 10.2. The molecule has 10 heteroatoms. The van der Waals surface area contributed by atoms with Crippen LogP contribution in [0.3, 0.4) is 0 Å². The van der Waals surface area contributed by atoms with E-state index in [1.165, 1.54) is 11.2 Å². The third-order valence-electron chi connectivity index (χ3n) is 4.85. The summed E-state index contributed by atoms with van der Waals surface area (Å²) >= 11 is 0. The number of aryl methyl sites for hydroxylation is 1. The summed E-state index contributed by atoms with van der Waals surface area (Å²) in [6.45, 7) is 3.64. The minimum absolute atomic E-state index is 0.00733. The number of hydrogen-bond donors (Lipinski definition) is 2. The van der Waals surface area contributed by atoms with Crippen molar-refractivity contribution in [1.29, 1.82) is 0 Å². The first kappa shape index (κ1) is 18.0. The summed E-state index contributed by atoms with van der Waals surface area (Å²) in [6.07, 6.45) is 3.04. The van der Waals surface area contributed by atoms with E-state index in [0.29, 0.717) is 36.8 Å². The van der Waals surface area contributed by atoms with Crippen molar-refractivity contribution in [1.82, 2.24) is 29.4 Å². The number of likely N-dealkylation sites (tertiary alicyclic amines) is 1. The molecule has 1 fully saturated rings. The number of rotatable bonds is 5. The number of hydrogen-bond acceptors (Lipinski definition) is 7. The van der Waals surface area contributed by atoms with E-state index in [1.807, 2.05) is 17.6 Å². The van der Waals surface area contributed by atoms with E-state index in [2.05, 4.69) is 20.3 Å². The molecular formula is C18H21N7O3. The topological polar surface area (TPSA) is 118 Å². The van der Waals surface area contributed by atoms with Crippen LogP contribution < -0.4 is 10.1 Å². The summed E-state index contributed by atoms with van der Waals surface area (Å²) < 4.78 is 7.13. The van der Waals surface area contributed by atoms with Gasteiger partial charge in [-0.05, 0) is 19.4 Å². The Bertz CT molecular complexity index is 1000. The molecule has 2 N–H and O–H groups in total. The van der Waals surface area contributed by atoms with Crippen LogP contribution in [0.15, 0.2) is 24.7 Å². The van der Waals surface area contributed by atoms with Gasteiger partial charge in [0.15, 0.2) is 17.0 Å². The lowest BCUT2D eigenvalue weighted by Crippen LogP contribution is -2.30. The standard InChI is InChI=1S/C18H21N7O3/c1-3-25-16(11-4-5-13(28-2)19-8-11)23-14-15(20-10-21-17(14)25)22-12-6-7-24(9-12)18(26)27/h4-5,8,10,12H,3,6-7,9H2,1-2H3,(H,26,27)(H,20,21,22)/t12-/m0/s1. The van der Waals surface area contributed by atoms with Crippen molar-refractivity contribution in [3.8, 4) is 17.3 Å². The second kappa shape index (κ2) is 7.29. The van der Waals surface area contributed by atoms with Gasteiger partial charge in [-0.1, -0.05) is 0 Å². The minimum atomic E-state index is -0.901. The number of ether oxygens (including phenoxy) is 1. The Balaban J connectivity index is 1.69. The van der Waals surface area contributed by atoms with Crippen LogP contribution in [0.2, 0.25) is 0 Å². The quantitative estimate of drug-likeness (QED) is 0.687.